The van der Waals surface area contributed by atoms with Crippen molar-refractivity contribution in [3.63, 3.8) is 0 Å². The molecule has 0 radical (unpaired) electrons. The molecule has 0 aliphatic heterocycles. The lowest BCUT2D eigenvalue weighted by Gasteiger charge is -2.00. The third-order valence-electron chi connectivity index (χ3n) is 2.74. The van der Waals surface area contributed by atoms with E-state index in [1.807, 2.05) is 31.2 Å². The summed E-state index contributed by atoms with van der Waals surface area (Å²) in [5.41, 5.74) is 2.19. The van der Waals surface area contributed by atoms with Crippen LogP contribution in [0.5, 0.6) is 5.75 Å². The van der Waals surface area contributed by atoms with Crippen LogP contribution in [0, 0.1) is 6.92 Å². The van der Waals surface area contributed by atoms with Gasteiger partial charge in [-0.25, -0.2) is 4.98 Å². The Balaban J connectivity index is 1.67. The van der Waals surface area contributed by atoms with E-state index in [4.69, 9.17) is 4.74 Å². The Morgan fingerprint density at radius 3 is 2.67 bits per heavy atom. The van der Waals surface area contributed by atoms with Gasteiger partial charge in [0, 0.05) is 16.7 Å². The number of nitrogens with zero attached hydrogens (tertiary/aromatic N) is 3. The summed E-state index contributed by atoms with van der Waals surface area (Å²) < 4.78 is 6.16. The predicted molar refractivity (Wildman–Crippen MR) is 88.3 cm³/mol. The Morgan fingerprint density at radius 2 is 2.00 bits per heavy atom. The maximum Gasteiger partial charge on any atom is 0.174 e. The summed E-state index contributed by atoms with van der Waals surface area (Å²) in [5, 5.41) is 12.2. The second-order valence-electron chi connectivity index (χ2n) is 4.25. The molecule has 0 saturated carbocycles. The number of benzene rings is 1. The highest BCUT2D eigenvalue weighted by Gasteiger charge is 2.07. The molecule has 0 atom stereocenters. The quantitative estimate of drug-likeness (QED) is 0.652. The fourth-order valence-corrected chi connectivity index (χ4v) is 4.35. The number of thiazole rings is 1. The van der Waals surface area contributed by atoms with Crippen LogP contribution in [0.4, 0.5) is 0 Å². The molecule has 4 nitrogen and oxygen atoms in total. The molecule has 3 rings (SSSR count). The number of ether oxygens (including phenoxy) is 1. The van der Waals surface area contributed by atoms with Crippen LogP contribution in [0.2, 0.25) is 0 Å². The zero-order chi connectivity index (χ0) is 14.7. The molecule has 2 aromatic heterocycles. The zero-order valence-electron chi connectivity index (χ0n) is 11.6. The van der Waals surface area contributed by atoms with Gasteiger partial charge in [0.25, 0.3) is 0 Å². The van der Waals surface area contributed by atoms with E-state index in [2.05, 4.69) is 20.6 Å². The summed E-state index contributed by atoms with van der Waals surface area (Å²) in [5.74, 6) is 1.68. The van der Waals surface area contributed by atoms with Crippen molar-refractivity contribution < 1.29 is 4.74 Å². The van der Waals surface area contributed by atoms with Crippen LogP contribution in [0.1, 0.15) is 10.7 Å². The third-order valence-corrected chi connectivity index (χ3v) is 5.69. The van der Waals surface area contributed by atoms with Gasteiger partial charge in [0.1, 0.15) is 15.8 Å². The first-order valence-corrected chi connectivity index (χ1v) is 8.94. The van der Waals surface area contributed by atoms with Crippen molar-refractivity contribution in [3.8, 4) is 16.3 Å². The molecule has 0 saturated heterocycles. The van der Waals surface area contributed by atoms with Crippen LogP contribution in [0.3, 0.4) is 0 Å². The summed E-state index contributed by atoms with van der Waals surface area (Å²) >= 11 is 4.95. The first-order valence-electron chi connectivity index (χ1n) is 6.26. The van der Waals surface area contributed by atoms with Crippen LogP contribution in [-0.4, -0.2) is 22.3 Å². The van der Waals surface area contributed by atoms with Crippen molar-refractivity contribution in [2.75, 3.05) is 7.11 Å². The minimum atomic E-state index is 0.821. The average Bonchev–Trinajstić information content (AvgIpc) is 3.14. The molecule has 21 heavy (non-hydrogen) atoms. The first kappa shape index (κ1) is 14.5. The minimum Gasteiger partial charge on any atom is -0.497 e. The number of aryl methyl sites for hydroxylation is 1. The fourth-order valence-electron chi connectivity index (χ4n) is 1.71. The van der Waals surface area contributed by atoms with Crippen LogP contribution in [-0.2, 0) is 5.75 Å². The summed E-state index contributed by atoms with van der Waals surface area (Å²) in [6, 6.07) is 7.97. The molecule has 0 N–H and O–H groups in total. The van der Waals surface area contributed by atoms with E-state index in [9.17, 15) is 0 Å². The van der Waals surface area contributed by atoms with Crippen LogP contribution < -0.4 is 4.74 Å². The van der Waals surface area contributed by atoms with Gasteiger partial charge in [0.15, 0.2) is 4.34 Å². The topological polar surface area (TPSA) is 47.9 Å². The van der Waals surface area contributed by atoms with E-state index in [1.165, 1.54) is 0 Å². The molecule has 2 heterocycles. The number of hydrogen-bond donors (Lipinski definition) is 0. The van der Waals surface area contributed by atoms with Gasteiger partial charge in [-0.05, 0) is 31.2 Å². The standard InChI is InChI=1S/C14H13N3OS3/c1-9-16-17-14(21-9)20-8-11-7-19-13(15-11)10-3-5-12(18-2)6-4-10/h3-7H,8H2,1-2H3. The molecular weight excluding hydrogens is 322 g/mol. The Kier molecular flexibility index (Phi) is 4.52. The summed E-state index contributed by atoms with van der Waals surface area (Å²) in [6.07, 6.45) is 0. The molecule has 0 amide bonds. The average molecular weight is 335 g/mol. The van der Waals surface area contributed by atoms with Crippen LogP contribution in [0.15, 0.2) is 34.0 Å². The van der Waals surface area contributed by atoms with E-state index in [1.54, 1.807) is 41.5 Å². The van der Waals surface area contributed by atoms with E-state index < -0.39 is 0 Å². The number of thioether (sulfide) groups is 1. The second-order valence-corrected chi connectivity index (χ2v) is 7.51. The molecule has 0 bridgehead atoms. The van der Waals surface area contributed by atoms with Crippen LogP contribution in [0.25, 0.3) is 10.6 Å². The van der Waals surface area contributed by atoms with Gasteiger partial charge in [-0.1, -0.05) is 23.1 Å². The highest BCUT2D eigenvalue weighted by molar-refractivity contribution is 8.00. The maximum absolute atomic E-state index is 5.17. The largest absolute Gasteiger partial charge is 0.497 e. The minimum absolute atomic E-state index is 0.821. The zero-order valence-corrected chi connectivity index (χ0v) is 14.0. The van der Waals surface area contributed by atoms with E-state index >= 15 is 0 Å². The van der Waals surface area contributed by atoms with Gasteiger partial charge in [-0.15, -0.1) is 21.5 Å². The molecule has 0 aliphatic rings. The van der Waals surface area contributed by atoms with Crippen molar-refractivity contribution in [3.05, 3.63) is 40.3 Å². The van der Waals surface area contributed by atoms with Gasteiger partial charge >= 0.3 is 0 Å². The molecule has 3 aromatic rings. The molecule has 0 aliphatic carbocycles. The van der Waals surface area contributed by atoms with Crippen molar-refractivity contribution in [2.24, 2.45) is 0 Å². The highest BCUT2D eigenvalue weighted by atomic mass is 32.2. The summed E-state index contributed by atoms with van der Waals surface area (Å²) in [6.45, 7) is 1.96. The Bertz CT molecular complexity index is 721. The molecular formula is C14H13N3OS3. The lowest BCUT2D eigenvalue weighted by atomic mass is 10.2. The van der Waals surface area contributed by atoms with Gasteiger partial charge < -0.3 is 4.74 Å². The number of rotatable bonds is 5. The number of aromatic nitrogens is 3. The number of methoxy groups -OCH3 is 1. The van der Waals surface area contributed by atoms with Gasteiger partial charge in [-0.2, -0.15) is 0 Å². The van der Waals surface area contributed by atoms with E-state index in [0.717, 1.165) is 37.1 Å². The van der Waals surface area contributed by atoms with Crippen molar-refractivity contribution in [2.45, 2.75) is 17.0 Å². The van der Waals surface area contributed by atoms with E-state index in [0.29, 0.717) is 0 Å². The normalized spacial score (nSPS) is 10.8. The lowest BCUT2D eigenvalue weighted by molar-refractivity contribution is 0.415. The van der Waals surface area contributed by atoms with Gasteiger partial charge in [0.05, 0.1) is 12.8 Å². The van der Waals surface area contributed by atoms with Crippen molar-refractivity contribution in [1.82, 2.24) is 15.2 Å². The Morgan fingerprint density at radius 1 is 1.19 bits per heavy atom. The molecule has 0 unspecified atom stereocenters. The molecule has 1 aromatic carbocycles. The summed E-state index contributed by atoms with van der Waals surface area (Å²) in [7, 11) is 1.67. The Hall–Kier alpha value is -1.44. The van der Waals surface area contributed by atoms with Crippen LogP contribution >= 0.6 is 34.4 Å². The highest BCUT2D eigenvalue weighted by Crippen LogP contribution is 2.29. The maximum atomic E-state index is 5.17. The van der Waals surface area contributed by atoms with Crippen molar-refractivity contribution in [1.29, 1.82) is 0 Å². The van der Waals surface area contributed by atoms with E-state index in [-0.39, 0.29) is 0 Å². The summed E-state index contributed by atoms with van der Waals surface area (Å²) in [4.78, 5) is 4.67. The molecule has 7 heteroatoms. The van der Waals surface area contributed by atoms with Gasteiger partial charge in [-0.3, -0.25) is 0 Å². The smallest absolute Gasteiger partial charge is 0.174 e. The molecule has 0 fully saturated rings. The fraction of sp³-hybridized carbons (Fsp3) is 0.214. The molecule has 108 valence electrons. The van der Waals surface area contributed by atoms with Gasteiger partial charge in [0.2, 0.25) is 0 Å². The SMILES string of the molecule is COc1ccc(-c2nc(CSc3nnc(C)s3)cs2)cc1. The Labute approximate surface area is 135 Å². The molecule has 0 spiro atoms. The predicted octanol–water partition coefficient (Wildman–Crippen LogP) is 4.27. The third kappa shape index (κ3) is 3.61. The second kappa shape index (κ2) is 6.55. The monoisotopic (exact) mass is 335 g/mol. The number of hydrogen-bond acceptors (Lipinski definition) is 7. The first-order chi connectivity index (χ1) is 10.2. The van der Waals surface area contributed by atoms with Crippen molar-refractivity contribution >= 4 is 34.4 Å². The lowest BCUT2D eigenvalue weighted by Crippen LogP contribution is -1.84.